The maximum atomic E-state index is 12.1. The van der Waals surface area contributed by atoms with Gasteiger partial charge < -0.3 is 19.9 Å². The number of rotatable bonds is 9. The van der Waals surface area contributed by atoms with Crippen LogP contribution in [-0.2, 0) is 6.42 Å². The van der Waals surface area contributed by atoms with Crippen molar-refractivity contribution in [3.8, 4) is 5.75 Å². The Morgan fingerprint density at radius 1 is 1.10 bits per heavy atom. The minimum Gasteiger partial charge on any atom is -0.491 e. The molecule has 30 heavy (non-hydrogen) atoms. The number of guanidine groups is 1. The van der Waals surface area contributed by atoms with Crippen LogP contribution in [0.2, 0.25) is 0 Å². The van der Waals surface area contributed by atoms with Crippen molar-refractivity contribution in [1.82, 2.24) is 15.1 Å². The normalized spacial score (nSPS) is 11.2. The average Bonchev–Trinajstić information content (AvgIpc) is 2.74. The van der Waals surface area contributed by atoms with Crippen LogP contribution in [0.5, 0.6) is 5.75 Å². The minimum absolute atomic E-state index is 0.0158. The molecule has 0 saturated carbocycles. The molecule has 0 aliphatic rings. The Labute approximate surface area is 180 Å². The Morgan fingerprint density at radius 2 is 1.87 bits per heavy atom. The molecular formula is C24H34N4O2. The molecule has 0 atom stereocenters. The van der Waals surface area contributed by atoms with Crippen LogP contribution in [0.15, 0.2) is 53.5 Å². The molecule has 2 aromatic rings. The smallest absolute Gasteiger partial charge is 0.253 e. The highest BCUT2D eigenvalue weighted by molar-refractivity contribution is 5.94. The number of likely N-dealkylation sites (N-methyl/N-ethyl adjacent to an activating group) is 1. The van der Waals surface area contributed by atoms with E-state index in [1.54, 1.807) is 19.0 Å². The van der Waals surface area contributed by atoms with Gasteiger partial charge in [-0.15, -0.1) is 0 Å². The van der Waals surface area contributed by atoms with Gasteiger partial charge in [0.1, 0.15) is 12.4 Å². The molecule has 0 aliphatic carbocycles. The molecule has 2 rings (SSSR count). The Morgan fingerprint density at radius 3 is 2.57 bits per heavy atom. The van der Waals surface area contributed by atoms with Crippen LogP contribution >= 0.6 is 0 Å². The summed E-state index contributed by atoms with van der Waals surface area (Å²) in [6.45, 7) is 6.86. The predicted octanol–water partition coefficient (Wildman–Crippen LogP) is 3.22. The number of hydrogen-bond acceptors (Lipinski definition) is 3. The highest BCUT2D eigenvalue weighted by atomic mass is 16.5. The standard InChI is InChI=1S/C24H34N4O2/c1-6-25-24(28(5)16-17-30-22-13-8-7-10-19(22)2)26-15-14-20-11-9-12-21(18-20)23(29)27(3)4/h7-13,18H,6,14-17H2,1-5H3,(H,25,26). The zero-order chi connectivity index (χ0) is 21.9. The van der Waals surface area contributed by atoms with E-state index in [0.717, 1.165) is 42.3 Å². The van der Waals surface area contributed by atoms with Gasteiger partial charge in [0.05, 0.1) is 6.54 Å². The SMILES string of the molecule is CCNC(=NCCc1cccc(C(=O)N(C)C)c1)N(C)CCOc1ccccc1C. The second-order valence-corrected chi connectivity index (χ2v) is 7.42. The monoisotopic (exact) mass is 410 g/mol. The first-order valence-electron chi connectivity index (χ1n) is 10.4. The summed E-state index contributed by atoms with van der Waals surface area (Å²) in [5.41, 5.74) is 2.95. The van der Waals surface area contributed by atoms with E-state index in [1.165, 1.54) is 0 Å². The van der Waals surface area contributed by atoms with Gasteiger partial charge in [-0.2, -0.15) is 0 Å². The molecule has 6 heteroatoms. The summed E-state index contributed by atoms with van der Waals surface area (Å²) in [5.74, 6) is 1.79. The number of benzene rings is 2. The fraction of sp³-hybridized carbons (Fsp3) is 0.417. The lowest BCUT2D eigenvalue weighted by molar-refractivity contribution is 0.0827. The molecule has 1 amide bonds. The lowest BCUT2D eigenvalue weighted by Gasteiger charge is -2.22. The topological polar surface area (TPSA) is 57.2 Å². The maximum absolute atomic E-state index is 12.1. The van der Waals surface area contributed by atoms with E-state index in [1.807, 2.05) is 62.5 Å². The summed E-state index contributed by atoms with van der Waals surface area (Å²) < 4.78 is 5.90. The third kappa shape index (κ3) is 7.10. The Bertz CT molecular complexity index is 849. The van der Waals surface area contributed by atoms with E-state index >= 15 is 0 Å². The summed E-state index contributed by atoms with van der Waals surface area (Å²) in [6.07, 6.45) is 0.775. The summed E-state index contributed by atoms with van der Waals surface area (Å²) in [7, 11) is 5.54. The summed E-state index contributed by atoms with van der Waals surface area (Å²) >= 11 is 0. The van der Waals surface area contributed by atoms with Gasteiger partial charge in [0, 0.05) is 39.8 Å². The third-order valence-electron chi connectivity index (χ3n) is 4.72. The molecule has 0 unspecified atom stereocenters. The maximum Gasteiger partial charge on any atom is 0.253 e. The van der Waals surface area contributed by atoms with Gasteiger partial charge in [-0.1, -0.05) is 30.3 Å². The van der Waals surface area contributed by atoms with E-state index in [-0.39, 0.29) is 5.91 Å². The number of aliphatic imine (C=N–C) groups is 1. The quantitative estimate of drug-likeness (QED) is 0.509. The van der Waals surface area contributed by atoms with E-state index in [2.05, 4.69) is 17.1 Å². The first-order valence-corrected chi connectivity index (χ1v) is 10.4. The van der Waals surface area contributed by atoms with Gasteiger partial charge in [0.15, 0.2) is 5.96 Å². The molecule has 0 fully saturated rings. The zero-order valence-electron chi connectivity index (χ0n) is 18.8. The lowest BCUT2D eigenvalue weighted by Crippen LogP contribution is -2.41. The van der Waals surface area contributed by atoms with Crippen molar-refractivity contribution < 1.29 is 9.53 Å². The minimum atomic E-state index is 0.0158. The summed E-state index contributed by atoms with van der Waals surface area (Å²) in [5, 5.41) is 3.33. The molecule has 0 bridgehead atoms. The average molecular weight is 411 g/mol. The Kier molecular flexibility index (Phi) is 9.19. The van der Waals surface area contributed by atoms with Crippen molar-refractivity contribution in [3.63, 3.8) is 0 Å². The molecule has 6 nitrogen and oxygen atoms in total. The Hall–Kier alpha value is -3.02. The molecule has 1 N–H and O–H groups in total. The van der Waals surface area contributed by atoms with Crippen LogP contribution in [-0.4, -0.2) is 69.1 Å². The molecule has 0 aromatic heterocycles. The molecular weight excluding hydrogens is 376 g/mol. The highest BCUT2D eigenvalue weighted by Crippen LogP contribution is 2.15. The number of ether oxygens (including phenoxy) is 1. The van der Waals surface area contributed by atoms with Crippen LogP contribution in [0, 0.1) is 6.92 Å². The van der Waals surface area contributed by atoms with Crippen LogP contribution < -0.4 is 10.1 Å². The lowest BCUT2D eigenvalue weighted by atomic mass is 10.1. The number of carbonyl (C=O) groups is 1. The van der Waals surface area contributed by atoms with Crippen molar-refractivity contribution in [2.75, 3.05) is 47.4 Å². The number of hydrogen-bond donors (Lipinski definition) is 1. The third-order valence-corrected chi connectivity index (χ3v) is 4.72. The second kappa shape index (κ2) is 11.9. The molecule has 2 aromatic carbocycles. The molecule has 0 spiro atoms. The summed E-state index contributed by atoms with van der Waals surface area (Å²) in [6, 6.07) is 15.8. The van der Waals surface area contributed by atoms with Gasteiger partial charge in [-0.25, -0.2) is 0 Å². The van der Waals surface area contributed by atoms with E-state index in [9.17, 15) is 4.79 Å². The predicted molar refractivity (Wildman–Crippen MR) is 123 cm³/mol. The van der Waals surface area contributed by atoms with Crippen molar-refractivity contribution >= 4 is 11.9 Å². The van der Waals surface area contributed by atoms with Crippen LogP contribution in [0.1, 0.15) is 28.4 Å². The number of para-hydroxylation sites is 1. The van der Waals surface area contributed by atoms with E-state index in [4.69, 9.17) is 9.73 Å². The molecule has 162 valence electrons. The largest absolute Gasteiger partial charge is 0.491 e. The number of nitrogens with zero attached hydrogens (tertiary/aromatic N) is 3. The first-order chi connectivity index (χ1) is 14.4. The van der Waals surface area contributed by atoms with Gasteiger partial charge in [-0.05, 0) is 49.6 Å². The fourth-order valence-electron chi connectivity index (χ4n) is 3.00. The number of carbonyl (C=O) groups excluding carboxylic acids is 1. The van der Waals surface area contributed by atoms with Gasteiger partial charge in [0.25, 0.3) is 5.91 Å². The van der Waals surface area contributed by atoms with Crippen molar-refractivity contribution in [2.24, 2.45) is 4.99 Å². The van der Waals surface area contributed by atoms with Gasteiger partial charge >= 0.3 is 0 Å². The second-order valence-electron chi connectivity index (χ2n) is 7.42. The van der Waals surface area contributed by atoms with Gasteiger partial charge in [0.2, 0.25) is 0 Å². The van der Waals surface area contributed by atoms with Crippen LogP contribution in [0.4, 0.5) is 0 Å². The van der Waals surface area contributed by atoms with Crippen molar-refractivity contribution in [3.05, 3.63) is 65.2 Å². The van der Waals surface area contributed by atoms with Crippen LogP contribution in [0.3, 0.4) is 0 Å². The van der Waals surface area contributed by atoms with E-state index in [0.29, 0.717) is 18.7 Å². The highest BCUT2D eigenvalue weighted by Gasteiger charge is 2.09. The first kappa shape index (κ1) is 23.3. The molecule has 0 radical (unpaired) electrons. The molecule has 0 saturated heterocycles. The fourth-order valence-corrected chi connectivity index (χ4v) is 3.00. The van der Waals surface area contributed by atoms with Crippen molar-refractivity contribution in [1.29, 1.82) is 0 Å². The van der Waals surface area contributed by atoms with Gasteiger partial charge in [-0.3, -0.25) is 9.79 Å². The number of aryl methyl sites for hydroxylation is 1. The van der Waals surface area contributed by atoms with E-state index < -0.39 is 0 Å². The molecule has 0 aliphatic heterocycles. The zero-order valence-corrected chi connectivity index (χ0v) is 18.8. The van der Waals surface area contributed by atoms with Crippen LogP contribution in [0.25, 0.3) is 0 Å². The van der Waals surface area contributed by atoms with Crippen molar-refractivity contribution in [2.45, 2.75) is 20.3 Å². The number of amides is 1. The summed E-state index contributed by atoms with van der Waals surface area (Å²) in [4.78, 5) is 20.6. The Balaban J connectivity index is 1.91. The molecule has 0 heterocycles. The number of nitrogens with one attached hydrogen (secondary N) is 1.